The van der Waals surface area contributed by atoms with E-state index in [0.717, 1.165) is 19.4 Å². The van der Waals surface area contributed by atoms with E-state index in [2.05, 4.69) is 5.32 Å². The van der Waals surface area contributed by atoms with E-state index in [1.54, 1.807) is 0 Å². The van der Waals surface area contributed by atoms with Crippen molar-refractivity contribution in [2.24, 2.45) is 0 Å². The van der Waals surface area contributed by atoms with Crippen LogP contribution in [0.15, 0.2) is 0 Å². The summed E-state index contributed by atoms with van der Waals surface area (Å²) in [5, 5.41) is 2.69. The summed E-state index contributed by atoms with van der Waals surface area (Å²) in [5.41, 5.74) is 0. The maximum atomic E-state index is 10.3. The van der Waals surface area contributed by atoms with Crippen LogP contribution in [0.25, 0.3) is 0 Å². The first-order valence-electron chi connectivity index (χ1n) is 3.22. The van der Waals surface area contributed by atoms with Crippen molar-refractivity contribution >= 4 is 13.8 Å². The summed E-state index contributed by atoms with van der Waals surface area (Å²) in [6, 6.07) is 0. The Labute approximate surface area is 57.4 Å². The van der Waals surface area contributed by atoms with Gasteiger partial charge >= 0.3 is 0 Å². The van der Waals surface area contributed by atoms with Gasteiger partial charge in [0.05, 0.1) is 7.85 Å². The summed E-state index contributed by atoms with van der Waals surface area (Å²) >= 11 is 0. The van der Waals surface area contributed by atoms with Crippen molar-refractivity contribution in [1.29, 1.82) is 0 Å². The molecular formula is C6H12BNO. The highest BCUT2D eigenvalue weighted by atomic mass is 16.1. The SMILES string of the molecule is [B]CCCCNC(C)=O. The van der Waals surface area contributed by atoms with Crippen LogP contribution in [0.4, 0.5) is 0 Å². The lowest BCUT2D eigenvalue weighted by atomic mass is 10.0. The van der Waals surface area contributed by atoms with Gasteiger partial charge in [0, 0.05) is 13.5 Å². The summed E-state index contributed by atoms with van der Waals surface area (Å²) in [7, 11) is 5.23. The Morgan fingerprint density at radius 3 is 2.67 bits per heavy atom. The average Bonchev–Trinajstić information content (AvgIpc) is 1.80. The van der Waals surface area contributed by atoms with Crippen molar-refractivity contribution in [3.8, 4) is 0 Å². The van der Waals surface area contributed by atoms with Crippen molar-refractivity contribution in [1.82, 2.24) is 5.32 Å². The number of hydrogen-bond acceptors (Lipinski definition) is 1. The zero-order chi connectivity index (χ0) is 7.11. The molecule has 0 aromatic rings. The Morgan fingerprint density at radius 1 is 1.56 bits per heavy atom. The Balaban J connectivity index is 2.83. The van der Waals surface area contributed by atoms with Gasteiger partial charge in [-0.1, -0.05) is 12.7 Å². The number of hydrogen-bond donors (Lipinski definition) is 1. The van der Waals surface area contributed by atoms with Crippen molar-refractivity contribution in [3.05, 3.63) is 0 Å². The average molecular weight is 125 g/mol. The highest BCUT2D eigenvalue weighted by Gasteiger charge is 1.87. The number of amides is 1. The molecule has 0 heterocycles. The maximum absolute atomic E-state index is 10.3. The third-order valence-corrected chi connectivity index (χ3v) is 1.00. The molecular weight excluding hydrogens is 113 g/mol. The zero-order valence-electron chi connectivity index (χ0n) is 5.81. The van der Waals surface area contributed by atoms with Crippen LogP contribution in [-0.2, 0) is 4.79 Å². The van der Waals surface area contributed by atoms with Crippen molar-refractivity contribution in [3.63, 3.8) is 0 Å². The third kappa shape index (κ3) is 7.53. The van der Waals surface area contributed by atoms with Crippen LogP contribution < -0.4 is 5.32 Å². The van der Waals surface area contributed by atoms with E-state index in [4.69, 9.17) is 7.85 Å². The van der Waals surface area contributed by atoms with Gasteiger partial charge in [0.1, 0.15) is 0 Å². The van der Waals surface area contributed by atoms with E-state index in [-0.39, 0.29) is 5.91 Å². The summed E-state index contributed by atoms with van der Waals surface area (Å²) in [6.45, 7) is 2.27. The van der Waals surface area contributed by atoms with Gasteiger partial charge in [-0.25, -0.2) is 0 Å². The van der Waals surface area contributed by atoms with E-state index in [0.29, 0.717) is 6.32 Å². The largest absolute Gasteiger partial charge is 0.356 e. The molecule has 1 amide bonds. The van der Waals surface area contributed by atoms with Crippen LogP contribution in [0.1, 0.15) is 19.8 Å². The molecule has 0 bridgehead atoms. The molecule has 0 aliphatic carbocycles. The van der Waals surface area contributed by atoms with Crippen molar-refractivity contribution in [2.45, 2.75) is 26.1 Å². The van der Waals surface area contributed by atoms with Gasteiger partial charge < -0.3 is 5.32 Å². The molecule has 3 heteroatoms. The number of carbonyl (C=O) groups is 1. The maximum Gasteiger partial charge on any atom is 0.216 e. The van der Waals surface area contributed by atoms with Gasteiger partial charge in [0.25, 0.3) is 0 Å². The highest BCUT2D eigenvalue weighted by Crippen LogP contribution is 1.88. The molecule has 2 nitrogen and oxygen atoms in total. The van der Waals surface area contributed by atoms with Crippen LogP contribution >= 0.6 is 0 Å². The molecule has 0 aliphatic rings. The number of nitrogens with one attached hydrogen (secondary N) is 1. The van der Waals surface area contributed by atoms with Crippen LogP contribution in [0.5, 0.6) is 0 Å². The van der Waals surface area contributed by atoms with E-state index in [1.807, 2.05) is 0 Å². The molecule has 9 heavy (non-hydrogen) atoms. The highest BCUT2D eigenvalue weighted by molar-refractivity contribution is 6.08. The molecule has 0 saturated carbocycles. The summed E-state index contributed by atoms with van der Waals surface area (Å²) in [5.74, 6) is 0.0343. The zero-order valence-corrected chi connectivity index (χ0v) is 5.81. The van der Waals surface area contributed by atoms with E-state index in [1.165, 1.54) is 6.92 Å². The van der Waals surface area contributed by atoms with Gasteiger partial charge in [0.2, 0.25) is 5.91 Å². The fourth-order valence-corrected chi connectivity index (χ4v) is 0.534. The van der Waals surface area contributed by atoms with E-state index in [9.17, 15) is 4.79 Å². The minimum absolute atomic E-state index is 0.0343. The number of carbonyl (C=O) groups excluding carboxylic acids is 1. The molecule has 0 rings (SSSR count). The Kier molecular flexibility index (Phi) is 5.37. The first-order chi connectivity index (χ1) is 4.27. The first-order valence-corrected chi connectivity index (χ1v) is 3.22. The second-order valence-corrected chi connectivity index (χ2v) is 1.98. The predicted octanol–water partition coefficient (Wildman–Crippen LogP) is 0.490. The molecule has 2 radical (unpaired) electrons. The van der Waals surface area contributed by atoms with Gasteiger partial charge in [0.15, 0.2) is 0 Å². The standard InChI is InChI=1S/C6H12BNO/c1-6(9)8-5-3-2-4-7/h2-5H2,1H3,(H,8,9). The molecule has 0 unspecified atom stereocenters. The van der Waals surface area contributed by atoms with Crippen LogP contribution in [0, 0.1) is 0 Å². The number of unbranched alkanes of at least 4 members (excludes halogenated alkanes) is 1. The van der Waals surface area contributed by atoms with E-state index < -0.39 is 0 Å². The lowest BCUT2D eigenvalue weighted by Crippen LogP contribution is -2.20. The molecule has 1 N–H and O–H groups in total. The Bertz CT molecular complexity index is 85.1. The third-order valence-electron chi connectivity index (χ3n) is 1.00. The Hall–Kier alpha value is -0.465. The lowest BCUT2D eigenvalue weighted by Gasteiger charge is -1.98. The number of rotatable bonds is 4. The summed E-state index contributed by atoms with van der Waals surface area (Å²) in [4.78, 5) is 10.3. The quantitative estimate of drug-likeness (QED) is 0.430. The Morgan fingerprint density at radius 2 is 2.22 bits per heavy atom. The summed E-state index contributed by atoms with van der Waals surface area (Å²) in [6.07, 6.45) is 2.68. The van der Waals surface area contributed by atoms with Crippen molar-refractivity contribution in [2.75, 3.05) is 6.54 Å². The first kappa shape index (κ1) is 8.53. The molecule has 0 saturated heterocycles. The molecule has 0 spiro atoms. The summed E-state index contributed by atoms with van der Waals surface area (Å²) < 4.78 is 0. The van der Waals surface area contributed by atoms with Gasteiger partial charge in [-0.05, 0) is 6.42 Å². The molecule has 0 aromatic carbocycles. The minimum Gasteiger partial charge on any atom is -0.356 e. The predicted molar refractivity (Wildman–Crippen MR) is 38.5 cm³/mol. The van der Waals surface area contributed by atoms with Crippen LogP contribution in [0.3, 0.4) is 0 Å². The molecule has 0 aliphatic heterocycles. The van der Waals surface area contributed by atoms with Crippen LogP contribution in [0.2, 0.25) is 6.32 Å². The fraction of sp³-hybridized carbons (Fsp3) is 0.833. The molecule has 50 valence electrons. The minimum atomic E-state index is 0.0343. The normalized spacial score (nSPS) is 9.00. The van der Waals surface area contributed by atoms with Gasteiger partial charge in [-0.3, -0.25) is 4.79 Å². The monoisotopic (exact) mass is 125 g/mol. The van der Waals surface area contributed by atoms with E-state index >= 15 is 0 Å². The molecule has 0 atom stereocenters. The van der Waals surface area contributed by atoms with Gasteiger partial charge in [-0.15, -0.1) is 0 Å². The van der Waals surface area contributed by atoms with Crippen molar-refractivity contribution < 1.29 is 4.79 Å². The lowest BCUT2D eigenvalue weighted by molar-refractivity contribution is -0.118. The fourth-order valence-electron chi connectivity index (χ4n) is 0.534. The van der Waals surface area contributed by atoms with Gasteiger partial charge in [-0.2, -0.15) is 0 Å². The van der Waals surface area contributed by atoms with Crippen LogP contribution in [-0.4, -0.2) is 20.3 Å². The smallest absolute Gasteiger partial charge is 0.216 e. The molecule has 0 aromatic heterocycles. The second kappa shape index (κ2) is 5.67. The second-order valence-electron chi connectivity index (χ2n) is 1.98. The molecule has 0 fully saturated rings. The topological polar surface area (TPSA) is 29.1 Å².